The molecule has 4 aliphatic carbocycles. The third-order valence-electron chi connectivity index (χ3n) is 6.67. The van der Waals surface area contributed by atoms with Crippen molar-refractivity contribution < 1.29 is 9.72 Å². The Morgan fingerprint density at radius 3 is 2.19 bits per heavy atom. The van der Waals surface area contributed by atoms with Gasteiger partial charge in [0.25, 0.3) is 5.69 Å². The second kappa shape index (κ2) is 6.49. The lowest BCUT2D eigenvalue weighted by Crippen LogP contribution is -2.49. The summed E-state index contributed by atoms with van der Waals surface area (Å²) in [5.41, 5.74) is 4.77. The smallest absolute Gasteiger partial charge is 0.269 e. The van der Waals surface area contributed by atoms with Crippen LogP contribution in [0.15, 0.2) is 29.4 Å². The van der Waals surface area contributed by atoms with Crippen LogP contribution in [-0.4, -0.2) is 16.5 Å². The molecule has 26 heavy (non-hydrogen) atoms. The largest absolute Gasteiger partial charge is 0.273 e. The van der Waals surface area contributed by atoms with Crippen molar-refractivity contribution >= 4 is 17.3 Å². The standard InChI is InChI=1S/C20H25N3O3/c1-13(20-10-15-6-16(11-20)8-17(7-15)12-20)21-22-19(24)9-14-2-4-18(5-3-14)23(25)26/h2-5,15-17H,6-12H2,1H3,(H,22,24)/b21-13-. The summed E-state index contributed by atoms with van der Waals surface area (Å²) in [4.78, 5) is 22.5. The summed E-state index contributed by atoms with van der Waals surface area (Å²) in [6, 6.07) is 6.08. The fraction of sp³-hybridized carbons (Fsp3) is 0.600. The molecule has 6 heteroatoms. The second-order valence-corrected chi connectivity index (χ2v) is 8.53. The van der Waals surface area contributed by atoms with Crippen LogP contribution < -0.4 is 5.43 Å². The van der Waals surface area contributed by atoms with E-state index in [1.54, 1.807) is 12.1 Å². The summed E-state index contributed by atoms with van der Waals surface area (Å²) in [5, 5.41) is 15.1. The number of rotatable bonds is 5. The van der Waals surface area contributed by atoms with Gasteiger partial charge >= 0.3 is 0 Å². The van der Waals surface area contributed by atoms with Gasteiger partial charge in [-0.2, -0.15) is 5.10 Å². The number of amides is 1. The predicted octanol–water partition coefficient (Wildman–Crippen LogP) is 3.85. The molecule has 0 radical (unpaired) electrons. The number of carbonyl (C=O) groups excluding carboxylic acids is 1. The lowest BCUT2D eigenvalue weighted by atomic mass is 9.48. The fourth-order valence-electron chi connectivity index (χ4n) is 5.78. The van der Waals surface area contributed by atoms with E-state index in [9.17, 15) is 14.9 Å². The number of hydrogen-bond donors (Lipinski definition) is 1. The van der Waals surface area contributed by atoms with Crippen LogP contribution in [0, 0.1) is 33.3 Å². The molecule has 0 atom stereocenters. The third kappa shape index (κ3) is 3.24. The highest BCUT2D eigenvalue weighted by Gasteiger charge is 2.52. The van der Waals surface area contributed by atoms with Gasteiger partial charge in [-0.1, -0.05) is 12.1 Å². The minimum atomic E-state index is -0.441. The average molecular weight is 355 g/mol. The lowest BCUT2D eigenvalue weighted by Gasteiger charge is -2.56. The van der Waals surface area contributed by atoms with Crippen molar-refractivity contribution in [2.45, 2.75) is 51.9 Å². The highest BCUT2D eigenvalue weighted by atomic mass is 16.6. The molecule has 1 aromatic carbocycles. The number of nitrogens with zero attached hydrogens (tertiary/aromatic N) is 2. The first-order valence-electron chi connectivity index (χ1n) is 9.50. The molecule has 0 spiro atoms. The Labute approximate surface area is 153 Å². The molecule has 4 saturated carbocycles. The number of nitro groups is 1. The van der Waals surface area contributed by atoms with Crippen LogP contribution in [0.25, 0.3) is 0 Å². The summed E-state index contributed by atoms with van der Waals surface area (Å²) in [7, 11) is 0. The second-order valence-electron chi connectivity index (χ2n) is 8.53. The van der Waals surface area contributed by atoms with Crippen LogP contribution in [0.1, 0.15) is 51.0 Å². The van der Waals surface area contributed by atoms with Crippen LogP contribution in [0.2, 0.25) is 0 Å². The van der Waals surface area contributed by atoms with Gasteiger partial charge in [0.15, 0.2) is 0 Å². The number of benzene rings is 1. The van der Waals surface area contributed by atoms with Gasteiger partial charge in [-0.25, -0.2) is 5.43 Å². The van der Waals surface area contributed by atoms with E-state index in [4.69, 9.17) is 0 Å². The van der Waals surface area contributed by atoms with E-state index in [0.29, 0.717) is 0 Å². The van der Waals surface area contributed by atoms with E-state index >= 15 is 0 Å². The molecule has 0 aromatic heterocycles. The SMILES string of the molecule is C/C(=N/NC(=O)Cc1ccc([N+](=O)[O-])cc1)C12CC3CC(CC(C3)C1)C2. The summed E-state index contributed by atoms with van der Waals surface area (Å²) in [6.45, 7) is 2.07. The monoisotopic (exact) mass is 355 g/mol. The molecular formula is C20H25N3O3. The van der Waals surface area contributed by atoms with Gasteiger partial charge in [0.1, 0.15) is 0 Å². The Balaban J connectivity index is 1.38. The molecule has 4 bridgehead atoms. The molecule has 138 valence electrons. The van der Waals surface area contributed by atoms with Crippen molar-refractivity contribution in [2.24, 2.45) is 28.3 Å². The van der Waals surface area contributed by atoms with Crippen LogP contribution in [-0.2, 0) is 11.2 Å². The minimum absolute atomic E-state index is 0.0323. The summed E-state index contributed by atoms with van der Waals surface area (Å²) in [6.07, 6.45) is 8.03. The highest BCUT2D eigenvalue weighted by Crippen LogP contribution is 2.60. The Morgan fingerprint density at radius 1 is 1.15 bits per heavy atom. The lowest BCUT2D eigenvalue weighted by molar-refractivity contribution is -0.384. The highest BCUT2D eigenvalue weighted by molar-refractivity contribution is 5.90. The topological polar surface area (TPSA) is 84.6 Å². The third-order valence-corrected chi connectivity index (χ3v) is 6.67. The number of non-ortho nitro benzene ring substituents is 1. The van der Waals surface area contributed by atoms with E-state index in [1.165, 1.54) is 50.7 Å². The Hall–Kier alpha value is -2.24. The van der Waals surface area contributed by atoms with E-state index < -0.39 is 4.92 Å². The minimum Gasteiger partial charge on any atom is -0.273 e. The summed E-state index contributed by atoms with van der Waals surface area (Å²) in [5.74, 6) is 2.37. The number of carbonyl (C=O) groups is 1. The van der Waals surface area contributed by atoms with Gasteiger partial charge in [0, 0.05) is 23.3 Å². The number of hydrazone groups is 1. The van der Waals surface area contributed by atoms with Gasteiger partial charge in [-0.05, 0) is 68.8 Å². The average Bonchev–Trinajstić information content (AvgIpc) is 2.59. The molecule has 0 saturated heterocycles. The van der Waals surface area contributed by atoms with Gasteiger partial charge in [0.2, 0.25) is 5.91 Å². The summed E-state index contributed by atoms with van der Waals surface area (Å²) < 4.78 is 0. The molecule has 5 rings (SSSR count). The van der Waals surface area contributed by atoms with Crippen molar-refractivity contribution in [1.29, 1.82) is 0 Å². The summed E-state index contributed by atoms with van der Waals surface area (Å²) >= 11 is 0. The quantitative estimate of drug-likeness (QED) is 0.495. The Bertz CT molecular complexity index is 719. The van der Waals surface area contributed by atoms with E-state index in [-0.39, 0.29) is 23.4 Å². The first kappa shape index (κ1) is 17.2. The van der Waals surface area contributed by atoms with Crippen molar-refractivity contribution in [3.05, 3.63) is 39.9 Å². The normalized spacial score (nSPS) is 32.5. The number of nitro benzene ring substituents is 1. The van der Waals surface area contributed by atoms with Gasteiger partial charge in [0.05, 0.1) is 11.3 Å². The molecule has 4 aliphatic rings. The van der Waals surface area contributed by atoms with Crippen LogP contribution >= 0.6 is 0 Å². The molecule has 1 aromatic rings. The van der Waals surface area contributed by atoms with Crippen molar-refractivity contribution in [2.75, 3.05) is 0 Å². The molecule has 0 unspecified atom stereocenters. The van der Waals surface area contributed by atoms with Gasteiger partial charge < -0.3 is 0 Å². The van der Waals surface area contributed by atoms with E-state index in [0.717, 1.165) is 29.0 Å². The first-order valence-corrected chi connectivity index (χ1v) is 9.50. The molecular weight excluding hydrogens is 330 g/mol. The maximum absolute atomic E-state index is 12.2. The zero-order valence-corrected chi connectivity index (χ0v) is 15.1. The molecule has 1 N–H and O–H groups in total. The van der Waals surface area contributed by atoms with Crippen molar-refractivity contribution in [1.82, 2.24) is 5.43 Å². The zero-order chi connectivity index (χ0) is 18.3. The molecule has 0 aliphatic heterocycles. The van der Waals surface area contributed by atoms with Crippen LogP contribution in [0.3, 0.4) is 0 Å². The molecule has 1 amide bonds. The van der Waals surface area contributed by atoms with E-state index in [2.05, 4.69) is 17.5 Å². The molecule has 4 fully saturated rings. The van der Waals surface area contributed by atoms with E-state index in [1.807, 2.05) is 0 Å². The van der Waals surface area contributed by atoms with Gasteiger partial charge in [-0.15, -0.1) is 0 Å². The predicted molar refractivity (Wildman–Crippen MR) is 98.7 cm³/mol. The maximum atomic E-state index is 12.2. The van der Waals surface area contributed by atoms with Gasteiger partial charge in [-0.3, -0.25) is 14.9 Å². The molecule has 6 nitrogen and oxygen atoms in total. The Morgan fingerprint density at radius 2 is 1.69 bits per heavy atom. The van der Waals surface area contributed by atoms with Crippen molar-refractivity contribution in [3.63, 3.8) is 0 Å². The fourth-order valence-corrected chi connectivity index (χ4v) is 5.78. The maximum Gasteiger partial charge on any atom is 0.269 e. The number of nitrogens with one attached hydrogen (secondary N) is 1. The Kier molecular flexibility index (Phi) is 4.29. The van der Waals surface area contributed by atoms with Crippen LogP contribution in [0.5, 0.6) is 0 Å². The number of hydrogen-bond acceptors (Lipinski definition) is 4. The molecule has 0 heterocycles. The first-order chi connectivity index (χ1) is 12.4. The zero-order valence-electron chi connectivity index (χ0n) is 15.1. The van der Waals surface area contributed by atoms with Crippen molar-refractivity contribution in [3.8, 4) is 0 Å². The van der Waals surface area contributed by atoms with Crippen LogP contribution in [0.4, 0.5) is 5.69 Å².